The van der Waals surface area contributed by atoms with E-state index < -0.39 is 16.6 Å². The van der Waals surface area contributed by atoms with Gasteiger partial charge in [0.2, 0.25) is 0 Å². The fraction of sp³-hybridized carbons (Fsp3) is 0.795. The summed E-state index contributed by atoms with van der Waals surface area (Å²) >= 11 is 0. The third-order valence-electron chi connectivity index (χ3n) is 13.1. The van der Waals surface area contributed by atoms with Crippen LogP contribution in [0.4, 0.5) is 0 Å². The molecule has 0 aromatic rings. The average Bonchev–Trinajstić information content (AvgIpc) is 3.68. The fourth-order valence-corrected chi connectivity index (χ4v) is 10.6. The van der Waals surface area contributed by atoms with E-state index in [4.69, 9.17) is 8.85 Å². The molecular formula is C39H68O3Si2. The van der Waals surface area contributed by atoms with Gasteiger partial charge in [-0.1, -0.05) is 91.8 Å². The van der Waals surface area contributed by atoms with Crippen LogP contribution in [0.15, 0.2) is 47.6 Å². The zero-order chi connectivity index (χ0) is 32.9. The highest BCUT2D eigenvalue weighted by Crippen LogP contribution is 2.59. The van der Waals surface area contributed by atoms with Gasteiger partial charge in [0.15, 0.2) is 16.6 Å². The molecule has 3 nitrogen and oxygen atoms in total. The van der Waals surface area contributed by atoms with Gasteiger partial charge >= 0.3 is 0 Å². The lowest BCUT2D eigenvalue weighted by Gasteiger charge is -2.45. The summed E-state index contributed by atoms with van der Waals surface area (Å²) in [7, 11) is -3.90. The summed E-state index contributed by atoms with van der Waals surface area (Å²) in [5.74, 6) is 2.35. The Morgan fingerprint density at radius 1 is 0.909 bits per heavy atom. The predicted molar refractivity (Wildman–Crippen MR) is 194 cm³/mol. The molecule has 0 bridgehead atoms. The smallest absolute Gasteiger partial charge is 0.192 e. The molecule has 0 spiro atoms. The normalized spacial score (nSPS) is 34.2. The molecule has 7 atom stereocenters. The summed E-state index contributed by atoms with van der Waals surface area (Å²) in [6.45, 7) is 33.2. The Balaban J connectivity index is 1.57. The van der Waals surface area contributed by atoms with Crippen LogP contribution < -0.4 is 0 Å². The van der Waals surface area contributed by atoms with Crippen molar-refractivity contribution in [2.45, 2.75) is 168 Å². The first-order valence-electron chi connectivity index (χ1n) is 18.0. The number of hydrogen-bond donors (Lipinski definition) is 1. The topological polar surface area (TPSA) is 38.7 Å². The zero-order valence-electron chi connectivity index (χ0n) is 30.7. The van der Waals surface area contributed by atoms with E-state index in [9.17, 15) is 5.11 Å². The first kappa shape index (κ1) is 36.1. The standard InChI is InChI=1S/C39H68O3Si2/c1-27(16-23-35(40)30-18-19-30)33-21-22-34-29(15-14-24-39(33,34)9)17-20-31-25-32(41-43(10,11)37(3,4)5)26-36(28(31)2)42-44(12,13)38(6,7)8/h16-17,20,23,27,30,32-36,40H,2,14-15,18-19,21-22,24-26H2,1,3-13H3/b23-16+,29-17+,31-20+/t27-,32-,33-,34+,35?,36+,39-/m0/s1. The van der Waals surface area contributed by atoms with Gasteiger partial charge in [0.25, 0.3) is 0 Å². The van der Waals surface area contributed by atoms with Gasteiger partial charge in [-0.2, -0.15) is 0 Å². The van der Waals surface area contributed by atoms with E-state index in [1.165, 1.54) is 56.1 Å². The molecule has 44 heavy (non-hydrogen) atoms. The van der Waals surface area contributed by atoms with Gasteiger partial charge in [-0.15, -0.1) is 0 Å². The molecule has 0 aromatic carbocycles. The summed E-state index contributed by atoms with van der Waals surface area (Å²) in [5, 5.41) is 10.8. The molecule has 0 amide bonds. The van der Waals surface area contributed by atoms with E-state index in [1.807, 2.05) is 0 Å². The first-order chi connectivity index (χ1) is 20.2. The van der Waals surface area contributed by atoms with Crippen molar-refractivity contribution in [3.63, 3.8) is 0 Å². The van der Waals surface area contributed by atoms with Crippen LogP contribution >= 0.6 is 0 Å². The second-order valence-corrected chi connectivity index (χ2v) is 27.9. The van der Waals surface area contributed by atoms with Gasteiger partial charge in [-0.3, -0.25) is 0 Å². The van der Waals surface area contributed by atoms with Gasteiger partial charge < -0.3 is 14.0 Å². The molecule has 0 aliphatic heterocycles. The maximum atomic E-state index is 10.5. The summed E-state index contributed by atoms with van der Waals surface area (Å²) in [5.41, 5.74) is 4.49. The molecule has 4 rings (SSSR count). The summed E-state index contributed by atoms with van der Waals surface area (Å²) in [6.07, 6.45) is 19.9. The van der Waals surface area contributed by atoms with Crippen LogP contribution in [0.2, 0.25) is 36.3 Å². The SMILES string of the molecule is C=C1/C(=C/C=C2\CCC[C@]3(C)[C@@H]2CC[C@H]3[C@@H](C)/C=C/C(O)C2CC2)C[C@H](O[Si](C)(C)C(C)(C)C)C[C@H]1O[Si](C)(C)C(C)(C)C. The number of allylic oxidation sites excluding steroid dienone is 4. The van der Waals surface area contributed by atoms with Crippen LogP contribution in [0.1, 0.15) is 113 Å². The van der Waals surface area contributed by atoms with Crippen LogP contribution in [0, 0.1) is 29.1 Å². The Labute approximate surface area is 274 Å². The molecule has 0 saturated heterocycles. The lowest BCUT2D eigenvalue weighted by molar-refractivity contribution is 0.0969. The zero-order valence-corrected chi connectivity index (χ0v) is 32.7. The molecule has 250 valence electrons. The lowest BCUT2D eigenvalue weighted by atomic mass is 9.61. The molecule has 0 heterocycles. The molecule has 0 aromatic heterocycles. The van der Waals surface area contributed by atoms with Crippen molar-refractivity contribution < 1.29 is 14.0 Å². The minimum Gasteiger partial charge on any atom is -0.413 e. The molecule has 4 saturated carbocycles. The van der Waals surface area contributed by atoms with E-state index in [-0.39, 0.29) is 28.4 Å². The molecule has 4 fully saturated rings. The van der Waals surface area contributed by atoms with Gasteiger partial charge in [0, 0.05) is 6.42 Å². The third kappa shape index (κ3) is 7.86. The van der Waals surface area contributed by atoms with Crippen LogP contribution in [0.5, 0.6) is 0 Å². The second-order valence-electron chi connectivity index (χ2n) is 18.4. The largest absolute Gasteiger partial charge is 0.413 e. The fourth-order valence-electron chi connectivity index (χ4n) is 7.93. The third-order valence-corrected chi connectivity index (χ3v) is 22.1. The Bertz CT molecular complexity index is 1130. The van der Waals surface area contributed by atoms with E-state index in [2.05, 4.69) is 112 Å². The summed E-state index contributed by atoms with van der Waals surface area (Å²) in [6, 6.07) is 0. The van der Waals surface area contributed by atoms with Crippen molar-refractivity contribution in [3.05, 3.63) is 47.6 Å². The Kier molecular flexibility index (Phi) is 10.7. The molecule has 4 aliphatic carbocycles. The van der Waals surface area contributed by atoms with Crippen molar-refractivity contribution in [1.82, 2.24) is 0 Å². The minimum absolute atomic E-state index is 0.0233. The van der Waals surface area contributed by atoms with E-state index in [1.54, 1.807) is 5.57 Å². The van der Waals surface area contributed by atoms with Crippen LogP contribution in [-0.4, -0.2) is 40.1 Å². The number of hydrogen-bond acceptors (Lipinski definition) is 3. The number of aliphatic hydroxyl groups excluding tert-OH is 1. The molecule has 4 aliphatic rings. The average molecular weight is 641 g/mol. The van der Waals surface area contributed by atoms with Crippen molar-refractivity contribution >= 4 is 16.6 Å². The summed E-state index contributed by atoms with van der Waals surface area (Å²) in [4.78, 5) is 0. The van der Waals surface area contributed by atoms with Gasteiger partial charge in [-0.05, 0) is 128 Å². The number of fused-ring (bicyclic) bond motifs is 1. The highest BCUT2D eigenvalue weighted by Gasteiger charge is 2.50. The predicted octanol–water partition coefficient (Wildman–Crippen LogP) is 11.1. The van der Waals surface area contributed by atoms with Crippen molar-refractivity contribution in [3.8, 4) is 0 Å². The number of aliphatic hydroxyl groups is 1. The Morgan fingerprint density at radius 3 is 2.11 bits per heavy atom. The number of rotatable bonds is 9. The van der Waals surface area contributed by atoms with Crippen LogP contribution in [0.25, 0.3) is 0 Å². The minimum atomic E-state index is -1.98. The quantitative estimate of drug-likeness (QED) is 0.201. The maximum Gasteiger partial charge on any atom is 0.192 e. The first-order valence-corrected chi connectivity index (χ1v) is 23.8. The summed E-state index contributed by atoms with van der Waals surface area (Å²) < 4.78 is 14.2. The highest BCUT2D eigenvalue weighted by atomic mass is 28.4. The molecule has 1 unspecified atom stereocenters. The van der Waals surface area contributed by atoms with E-state index in [0.29, 0.717) is 29.1 Å². The van der Waals surface area contributed by atoms with Crippen molar-refractivity contribution in [1.29, 1.82) is 0 Å². The van der Waals surface area contributed by atoms with Crippen LogP contribution in [-0.2, 0) is 8.85 Å². The van der Waals surface area contributed by atoms with E-state index in [0.717, 1.165) is 12.8 Å². The van der Waals surface area contributed by atoms with Crippen molar-refractivity contribution in [2.24, 2.45) is 29.1 Å². The molecule has 1 N–H and O–H groups in total. The van der Waals surface area contributed by atoms with Gasteiger partial charge in [-0.25, -0.2) is 0 Å². The molecule has 5 heteroatoms. The second kappa shape index (κ2) is 13.1. The Morgan fingerprint density at radius 2 is 1.52 bits per heavy atom. The van der Waals surface area contributed by atoms with Crippen molar-refractivity contribution in [2.75, 3.05) is 0 Å². The van der Waals surface area contributed by atoms with Gasteiger partial charge in [0.05, 0.1) is 18.3 Å². The van der Waals surface area contributed by atoms with Gasteiger partial charge in [0.1, 0.15) is 0 Å². The monoisotopic (exact) mass is 640 g/mol. The molecular weight excluding hydrogens is 573 g/mol. The highest BCUT2D eigenvalue weighted by molar-refractivity contribution is 6.74. The Hall–Kier alpha value is -0.726. The molecule has 0 radical (unpaired) electrons. The maximum absolute atomic E-state index is 10.5. The van der Waals surface area contributed by atoms with Crippen LogP contribution in [0.3, 0.4) is 0 Å². The van der Waals surface area contributed by atoms with E-state index >= 15 is 0 Å². The lowest BCUT2D eigenvalue weighted by Crippen LogP contribution is -2.49.